The fraction of sp³-hybridized carbons (Fsp3) is 0.409. The van der Waals surface area contributed by atoms with E-state index >= 15 is 0 Å². The van der Waals surface area contributed by atoms with Crippen molar-refractivity contribution in [1.29, 1.82) is 0 Å². The first-order valence-corrected chi connectivity index (χ1v) is 48.1. The molecule has 13 aromatic rings. The number of nitrogens with zero attached hydrogens (tertiary/aromatic N) is 2. The SMILES string of the molecule is CCc1cc2c3c(sc2cc1C(C)(C)CCNC)B1c2cc4c(cc2N(c2ccc(C(C)(C)CC(C)(C)c5ccc(C(C)[C@H]6Cc7cc(C)ccc7B(c7ccc8c(c7)C(C)(C)CCC8(C)C)c7sc8cc9c(cc8c76)C(C)(C)CCC9(C)C)cc5)cc2-c2ccc5ccccc5c2)c2cc(C)cc(c21)N3c1cc(C)cc(C)c1)C(C)(C)CCC4(C)C. The van der Waals surface area contributed by atoms with Gasteiger partial charge in [0.25, 0.3) is 13.4 Å². The molecule has 0 radical (unpaired) electrons. The second-order valence-electron chi connectivity index (χ2n) is 45.0. The maximum Gasteiger partial charge on any atom is 0.264 e. The minimum absolute atomic E-state index is 0.0154. The number of nitrogens with one attached hydrogen (secondary N) is 1. The number of hydrogen-bond acceptors (Lipinski definition) is 5. The van der Waals surface area contributed by atoms with Crippen molar-refractivity contribution in [2.45, 2.75) is 291 Å². The molecule has 19 rings (SSSR count). The van der Waals surface area contributed by atoms with Crippen molar-refractivity contribution in [2.75, 3.05) is 23.4 Å². The number of rotatable bonds is 15. The molecular weight excluding hydrogens is 1510 g/mol. The molecule has 11 aromatic carbocycles. The number of hydrogen-bond donors (Lipinski definition) is 1. The molecule has 3 aliphatic carbocycles. The highest BCUT2D eigenvalue weighted by Gasteiger charge is 2.51. The summed E-state index contributed by atoms with van der Waals surface area (Å²) in [7, 11) is 2.10. The lowest BCUT2D eigenvalue weighted by Gasteiger charge is -2.47. The zero-order chi connectivity index (χ0) is 86.1. The van der Waals surface area contributed by atoms with Gasteiger partial charge in [-0.15, -0.1) is 22.7 Å². The highest BCUT2D eigenvalue weighted by atomic mass is 32.1. The second kappa shape index (κ2) is 28.9. The molecule has 0 saturated heterocycles. The Labute approximate surface area is 740 Å². The van der Waals surface area contributed by atoms with Crippen LogP contribution < -0.4 is 46.5 Å². The van der Waals surface area contributed by atoms with Gasteiger partial charge in [0.15, 0.2) is 0 Å². The zero-order valence-corrected chi connectivity index (χ0v) is 79.8. The molecule has 5 heterocycles. The Hall–Kier alpha value is -8.71. The summed E-state index contributed by atoms with van der Waals surface area (Å²) in [5.74, 6) is 0.502. The summed E-state index contributed by atoms with van der Waals surface area (Å²) in [6.45, 7) is 60.5. The summed E-state index contributed by atoms with van der Waals surface area (Å²) in [6.07, 6.45) is 11.1. The molecule has 1 unspecified atom stereocenters. The van der Waals surface area contributed by atoms with Gasteiger partial charge in [0, 0.05) is 47.9 Å². The van der Waals surface area contributed by atoms with E-state index in [9.17, 15) is 0 Å². The first-order chi connectivity index (χ1) is 57.6. The zero-order valence-electron chi connectivity index (χ0n) is 78.2. The quantitative estimate of drug-likeness (QED) is 0.103. The van der Waals surface area contributed by atoms with E-state index in [1.165, 1.54) is 201 Å². The summed E-state index contributed by atoms with van der Waals surface area (Å²) < 4.78 is 5.84. The van der Waals surface area contributed by atoms with Crippen LogP contribution in [0.5, 0.6) is 0 Å². The van der Waals surface area contributed by atoms with E-state index in [0.29, 0.717) is 0 Å². The molecule has 624 valence electrons. The van der Waals surface area contributed by atoms with Crippen molar-refractivity contribution in [2.24, 2.45) is 0 Å². The van der Waals surface area contributed by atoms with Crippen LogP contribution in [0, 0.1) is 27.7 Å². The van der Waals surface area contributed by atoms with E-state index in [1.54, 1.807) is 27.0 Å². The van der Waals surface area contributed by atoms with Crippen LogP contribution in [0.4, 0.5) is 34.1 Å². The Balaban J connectivity index is 0.741. The monoisotopic (exact) mass is 1640 g/mol. The fourth-order valence-corrected chi connectivity index (χ4v) is 27.2. The van der Waals surface area contributed by atoms with Crippen molar-refractivity contribution >= 4 is 133 Å². The van der Waals surface area contributed by atoms with E-state index in [4.69, 9.17) is 0 Å². The van der Waals surface area contributed by atoms with Crippen LogP contribution in [0.2, 0.25) is 0 Å². The fourth-order valence-electron chi connectivity index (χ4n) is 24.4. The molecule has 1 N–H and O–H groups in total. The average molecular weight is 1640 g/mol. The lowest BCUT2D eigenvalue weighted by atomic mass is 9.35. The highest BCUT2D eigenvalue weighted by Crippen LogP contribution is 2.57. The number of anilines is 6. The van der Waals surface area contributed by atoms with Crippen molar-refractivity contribution in [3.8, 4) is 11.1 Å². The molecule has 0 spiro atoms. The van der Waals surface area contributed by atoms with Gasteiger partial charge in [0.05, 0.1) is 11.4 Å². The Kier molecular flexibility index (Phi) is 19.6. The molecule has 3 aliphatic heterocycles. The lowest BCUT2D eigenvalue weighted by Crippen LogP contribution is -2.61. The first-order valence-electron chi connectivity index (χ1n) is 46.4. The van der Waals surface area contributed by atoms with Gasteiger partial charge in [0.2, 0.25) is 0 Å². The van der Waals surface area contributed by atoms with Crippen LogP contribution in [0.15, 0.2) is 188 Å². The molecule has 3 nitrogen and oxygen atoms in total. The largest absolute Gasteiger partial charge is 0.320 e. The van der Waals surface area contributed by atoms with Crippen molar-refractivity contribution in [1.82, 2.24) is 5.32 Å². The van der Waals surface area contributed by atoms with E-state index in [1.807, 2.05) is 0 Å². The van der Waals surface area contributed by atoms with Crippen LogP contribution in [0.3, 0.4) is 0 Å². The third-order valence-electron chi connectivity index (χ3n) is 32.0. The summed E-state index contributed by atoms with van der Waals surface area (Å²) >= 11 is 4.19. The minimum Gasteiger partial charge on any atom is -0.320 e. The highest BCUT2D eigenvalue weighted by molar-refractivity contribution is 7.34. The molecule has 0 bridgehead atoms. The normalized spacial score (nSPS) is 18.5. The van der Waals surface area contributed by atoms with Gasteiger partial charge in [-0.2, -0.15) is 0 Å². The van der Waals surface area contributed by atoms with Crippen LogP contribution in [-0.4, -0.2) is 27.0 Å². The molecule has 6 aliphatic rings. The molecule has 0 saturated carbocycles. The molecule has 7 heteroatoms. The molecule has 2 atom stereocenters. The summed E-state index contributed by atoms with van der Waals surface area (Å²) in [5.41, 5.74) is 40.4. The Morgan fingerprint density at radius 3 is 1.69 bits per heavy atom. The lowest BCUT2D eigenvalue weighted by molar-refractivity contribution is 0.332. The first kappa shape index (κ1) is 82.9. The van der Waals surface area contributed by atoms with Crippen LogP contribution in [0.1, 0.15) is 296 Å². The van der Waals surface area contributed by atoms with Gasteiger partial charge >= 0.3 is 0 Å². The van der Waals surface area contributed by atoms with E-state index in [-0.39, 0.29) is 74.0 Å². The number of thiophene rings is 2. The van der Waals surface area contributed by atoms with Gasteiger partial charge in [-0.1, -0.05) is 276 Å². The topological polar surface area (TPSA) is 18.5 Å². The summed E-state index contributed by atoms with van der Waals surface area (Å²) in [4.78, 5) is 5.50. The predicted molar refractivity (Wildman–Crippen MR) is 536 cm³/mol. The smallest absolute Gasteiger partial charge is 0.264 e. The van der Waals surface area contributed by atoms with Crippen LogP contribution in [-0.2, 0) is 61.6 Å². The summed E-state index contributed by atoms with van der Waals surface area (Å²) in [5, 5.41) is 8.88. The van der Waals surface area contributed by atoms with E-state index in [2.05, 4.69) is 399 Å². The van der Waals surface area contributed by atoms with Crippen LogP contribution in [0.25, 0.3) is 42.1 Å². The maximum atomic E-state index is 3.51. The third kappa shape index (κ3) is 13.5. The summed E-state index contributed by atoms with van der Waals surface area (Å²) in [6, 6.07) is 78.0. The van der Waals surface area contributed by atoms with Crippen molar-refractivity contribution < 1.29 is 0 Å². The molecule has 2 aromatic heterocycles. The predicted octanol–water partition coefficient (Wildman–Crippen LogP) is 27.4. The molecule has 122 heavy (non-hydrogen) atoms. The van der Waals surface area contributed by atoms with Crippen molar-refractivity contribution in [3.63, 3.8) is 0 Å². The number of benzene rings is 11. The Morgan fingerprint density at radius 1 is 0.459 bits per heavy atom. The van der Waals surface area contributed by atoms with E-state index in [0.717, 1.165) is 45.1 Å². The third-order valence-corrected chi connectivity index (χ3v) is 34.4. The van der Waals surface area contributed by atoms with Gasteiger partial charge in [-0.3, -0.25) is 0 Å². The molecule has 0 amide bonds. The maximum absolute atomic E-state index is 3.51. The average Bonchev–Trinajstić information content (AvgIpc) is 1.22. The second-order valence-corrected chi connectivity index (χ2v) is 47.2. The standard InChI is InChI=1S/C115H131B2N3S2/c1-26-73-58-86-101(65-88(73)113(19,20)49-50-118-25)122-106-104(86)119(82-53-69(3)51-70(4)54-82)98-55-71(5)56-99-103(98)117(106)95-63-91-92(111(15,16)47-46-110(91,13)14)64-97(95)120(99)96-42-38-80(60-84(96)77-33-32-75-29-27-28-30-76(75)57-77)115(23,24)67-114(21,22)79-36-34-74(35-37-79)72(6)83-59-78-52-68(2)31-41-94(78)116(81-39-40-87-89(61-81)108(9,10)44-43-107(87,7)8)105-102(83)85-62-90-93(66-100(85)121-105)112(17,18)48-45-109(90,11)12/h27-42,51-58,60-66,72,83,118H,26,43-50,59,67H2,1-25H3/t72?,83-/m1/s1. The van der Waals surface area contributed by atoms with Gasteiger partial charge < -0.3 is 15.1 Å². The molecular formula is C115H131B2N3S2. The van der Waals surface area contributed by atoms with Gasteiger partial charge in [-0.25, -0.2) is 0 Å². The van der Waals surface area contributed by atoms with Crippen molar-refractivity contribution in [3.05, 3.63) is 283 Å². The van der Waals surface area contributed by atoms with Gasteiger partial charge in [-0.05, 0) is 360 Å². The Morgan fingerprint density at radius 2 is 1.03 bits per heavy atom. The molecule has 0 fully saturated rings. The minimum atomic E-state index is -0.253. The van der Waals surface area contributed by atoms with Gasteiger partial charge in [0.1, 0.15) is 0 Å². The van der Waals surface area contributed by atoms with Crippen LogP contribution >= 0.6 is 22.7 Å². The Bertz CT molecular complexity index is 6440. The number of aryl methyl sites for hydroxylation is 5. The number of fused-ring (bicyclic) bond motifs is 14. The van der Waals surface area contributed by atoms with E-state index < -0.39 is 0 Å².